The van der Waals surface area contributed by atoms with Crippen LogP contribution in [0.15, 0.2) is 66.7 Å². The van der Waals surface area contributed by atoms with E-state index in [1.165, 1.54) is 0 Å². The van der Waals surface area contributed by atoms with Crippen molar-refractivity contribution >= 4 is 29.0 Å². The summed E-state index contributed by atoms with van der Waals surface area (Å²) in [5, 5.41) is 9.60. The van der Waals surface area contributed by atoms with Crippen molar-refractivity contribution in [2.45, 2.75) is 12.8 Å². The van der Waals surface area contributed by atoms with Crippen LogP contribution in [-0.2, 0) is 4.79 Å². The predicted octanol–water partition coefficient (Wildman–Crippen LogP) is 4.36. The van der Waals surface area contributed by atoms with Gasteiger partial charge in [-0.3, -0.25) is 4.79 Å². The van der Waals surface area contributed by atoms with Crippen LogP contribution in [0.3, 0.4) is 0 Å². The Morgan fingerprint density at radius 1 is 0.788 bits per heavy atom. The zero-order chi connectivity index (χ0) is 22.6. The second kappa shape index (κ2) is 9.79. The largest absolute Gasteiger partial charge is 0.368 e. The maximum atomic E-state index is 13.1. The smallest absolute Gasteiger partial charge is 0.225 e. The highest BCUT2D eigenvalue weighted by atomic mass is 35.5. The number of amides is 1. The zero-order valence-electron chi connectivity index (χ0n) is 18.6. The molecule has 0 spiro atoms. The van der Waals surface area contributed by atoms with Gasteiger partial charge in [0.1, 0.15) is 0 Å². The molecule has 2 saturated heterocycles. The first-order valence-corrected chi connectivity index (χ1v) is 12.0. The van der Waals surface area contributed by atoms with E-state index in [0.29, 0.717) is 5.91 Å². The van der Waals surface area contributed by atoms with Gasteiger partial charge in [0.15, 0.2) is 5.82 Å². The summed E-state index contributed by atoms with van der Waals surface area (Å²) in [7, 11) is 0. The molecule has 2 aliphatic heterocycles. The summed E-state index contributed by atoms with van der Waals surface area (Å²) in [5.74, 6) is 1.28. The number of carbonyl (C=O) groups is 1. The molecule has 170 valence electrons. The minimum absolute atomic E-state index is 0.0931. The molecule has 0 aliphatic carbocycles. The fourth-order valence-electron chi connectivity index (χ4n) is 4.73. The van der Waals surface area contributed by atoms with Crippen LogP contribution in [0.5, 0.6) is 0 Å². The minimum Gasteiger partial charge on any atom is -0.368 e. The summed E-state index contributed by atoms with van der Waals surface area (Å²) < 4.78 is 0. The molecule has 3 heterocycles. The van der Waals surface area contributed by atoms with Gasteiger partial charge >= 0.3 is 0 Å². The molecule has 2 fully saturated rings. The molecule has 0 N–H and O–H groups in total. The van der Waals surface area contributed by atoms with Crippen molar-refractivity contribution in [3.63, 3.8) is 0 Å². The zero-order valence-corrected chi connectivity index (χ0v) is 19.4. The molecule has 0 atom stereocenters. The van der Waals surface area contributed by atoms with Gasteiger partial charge in [0, 0.05) is 61.5 Å². The van der Waals surface area contributed by atoms with Gasteiger partial charge in [0.2, 0.25) is 5.91 Å². The lowest BCUT2D eigenvalue weighted by Gasteiger charge is -2.39. The predicted molar refractivity (Wildman–Crippen MR) is 133 cm³/mol. The molecule has 33 heavy (non-hydrogen) atoms. The Hall–Kier alpha value is -3.12. The molecule has 3 aromatic rings. The Morgan fingerprint density at radius 3 is 2.21 bits per heavy atom. The number of carbonyl (C=O) groups excluding carboxylic acids is 1. The molecule has 0 unspecified atom stereocenters. The van der Waals surface area contributed by atoms with E-state index < -0.39 is 0 Å². The molecule has 2 aliphatic rings. The van der Waals surface area contributed by atoms with Crippen molar-refractivity contribution in [1.29, 1.82) is 0 Å². The number of hydrogen-bond acceptors (Lipinski definition) is 5. The van der Waals surface area contributed by atoms with E-state index >= 15 is 0 Å². The molecule has 6 nitrogen and oxygen atoms in total. The molecule has 0 radical (unpaired) electrons. The van der Waals surface area contributed by atoms with Crippen LogP contribution in [0.25, 0.3) is 11.3 Å². The first-order chi connectivity index (χ1) is 16.2. The van der Waals surface area contributed by atoms with E-state index in [2.05, 4.69) is 26.1 Å². The first-order valence-electron chi connectivity index (χ1n) is 11.6. The lowest BCUT2D eigenvalue weighted by atomic mass is 9.95. The van der Waals surface area contributed by atoms with Gasteiger partial charge in [-0.2, -0.15) is 0 Å². The lowest BCUT2D eigenvalue weighted by Crippen LogP contribution is -2.51. The summed E-state index contributed by atoms with van der Waals surface area (Å²) in [5.41, 5.74) is 3.07. The van der Waals surface area contributed by atoms with Crippen molar-refractivity contribution in [3.05, 3.63) is 71.8 Å². The summed E-state index contributed by atoms with van der Waals surface area (Å²) in [4.78, 5) is 19.7. The SMILES string of the molecule is O=C(C1CCN(c2ccc(-c3ccccc3)nn2)CC1)N1CCN(c2cccc(Cl)c2)CC1. The number of piperidine rings is 1. The monoisotopic (exact) mass is 461 g/mol. The second-order valence-electron chi connectivity index (χ2n) is 8.70. The number of hydrogen-bond donors (Lipinski definition) is 0. The summed E-state index contributed by atoms with van der Waals surface area (Å²) >= 11 is 6.13. The van der Waals surface area contributed by atoms with Gasteiger partial charge in [-0.15, -0.1) is 10.2 Å². The first kappa shape index (κ1) is 21.7. The van der Waals surface area contributed by atoms with Crippen LogP contribution in [0, 0.1) is 5.92 Å². The van der Waals surface area contributed by atoms with E-state index in [1.807, 2.05) is 65.6 Å². The molecule has 7 heteroatoms. The second-order valence-corrected chi connectivity index (χ2v) is 9.13. The Balaban J connectivity index is 1.13. The number of piperazine rings is 1. The highest BCUT2D eigenvalue weighted by molar-refractivity contribution is 6.30. The van der Waals surface area contributed by atoms with Gasteiger partial charge < -0.3 is 14.7 Å². The molecule has 2 aromatic carbocycles. The summed E-state index contributed by atoms with van der Waals surface area (Å²) in [6.07, 6.45) is 1.71. The third-order valence-corrected chi connectivity index (χ3v) is 6.89. The van der Waals surface area contributed by atoms with Crippen molar-refractivity contribution in [2.24, 2.45) is 5.92 Å². The highest BCUT2D eigenvalue weighted by Crippen LogP contribution is 2.26. The van der Waals surface area contributed by atoms with E-state index in [9.17, 15) is 4.79 Å². The number of aromatic nitrogens is 2. The van der Waals surface area contributed by atoms with E-state index in [-0.39, 0.29) is 5.92 Å². The van der Waals surface area contributed by atoms with Crippen molar-refractivity contribution in [2.75, 3.05) is 49.1 Å². The normalized spacial score (nSPS) is 17.3. The quantitative estimate of drug-likeness (QED) is 0.577. The van der Waals surface area contributed by atoms with E-state index in [1.54, 1.807) is 0 Å². The average Bonchev–Trinajstić information content (AvgIpc) is 2.89. The Kier molecular flexibility index (Phi) is 6.44. The molecule has 0 saturated carbocycles. The van der Waals surface area contributed by atoms with Gasteiger partial charge in [-0.05, 0) is 43.2 Å². The third kappa shape index (κ3) is 4.96. The average molecular weight is 462 g/mol. The van der Waals surface area contributed by atoms with E-state index in [0.717, 1.165) is 79.9 Å². The Morgan fingerprint density at radius 2 is 1.55 bits per heavy atom. The molecular weight excluding hydrogens is 434 g/mol. The molecule has 1 aromatic heterocycles. The maximum Gasteiger partial charge on any atom is 0.225 e. The molecular formula is C26H28ClN5O. The number of nitrogens with zero attached hydrogens (tertiary/aromatic N) is 5. The van der Waals surface area contributed by atoms with Crippen LogP contribution < -0.4 is 9.80 Å². The van der Waals surface area contributed by atoms with E-state index in [4.69, 9.17) is 11.6 Å². The topological polar surface area (TPSA) is 52.6 Å². The fourth-order valence-corrected chi connectivity index (χ4v) is 4.91. The molecule has 0 bridgehead atoms. The standard InChI is InChI=1S/C26H28ClN5O/c27-22-7-4-8-23(19-22)30-15-17-32(18-16-30)26(33)21-11-13-31(14-12-21)25-10-9-24(28-29-25)20-5-2-1-3-6-20/h1-10,19,21H,11-18H2. The van der Waals surface area contributed by atoms with Crippen LogP contribution in [-0.4, -0.2) is 60.3 Å². The van der Waals surface area contributed by atoms with Gasteiger partial charge in [-0.1, -0.05) is 48.0 Å². The Labute approximate surface area is 199 Å². The molecule has 5 rings (SSSR count). The van der Waals surface area contributed by atoms with Crippen LogP contribution >= 0.6 is 11.6 Å². The number of anilines is 2. The van der Waals surface area contributed by atoms with Crippen molar-refractivity contribution in [3.8, 4) is 11.3 Å². The summed E-state index contributed by atoms with van der Waals surface area (Å²) in [6.45, 7) is 4.87. The number of benzene rings is 2. The fraction of sp³-hybridized carbons (Fsp3) is 0.346. The van der Waals surface area contributed by atoms with Gasteiger partial charge in [0.05, 0.1) is 5.69 Å². The Bertz CT molecular complexity index is 1080. The van der Waals surface area contributed by atoms with Crippen LogP contribution in [0.1, 0.15) is 12.8 Å². The summed E-state index contributed by atoms with van der Waals surface area (Å²) in [6, 6.07) is 22.1. The number of halogens is 1. The highest BCUT2D eigenvalue weighted by Gasteiger charge is 2.31. The van der Waals surface area contributed by atoms with Gasteiger partial charge in [0.25, 0.3) is 0 Å². The minimum atomic E-state index is 0.0931. The lowest BCUT2D eigenvalue weighted by molar-refractivity contribution is -0.136. The maximum absolute atomic E-state index is 13.1. The van der Waals surface area contributed by atoms with Crippen LogP contribution in [0.2, 0.25) is 5.02 Å². The molecule has 1 amide bonds. The van der Waals surface area contributed by atoms with Gasteiger partial charge in [-0.25, -0.2) is 0 Å². The third-order valence-electron chi connectivity index (χ3n) is 6.65. The van der Waals surface area contributed by atoms with Crippen LogP contribution in [0.4, 0.5) is 11.5 Å². The van der Waals surface area contributed by atoms with Crippen molar-refractivity contribution in [1.82, 2.24) is 15.1 Å². The van der Waals surface area contributed by atoms with Crippen molar-refractivity contribution < 1.29 is 4.79 Å². The number of rotatable bonds is 4.